The summed E-state index contributed by atoms with van der Waals surface area (Å²) < 4.78 is 0.0180. The summed E-state index contributed by atoms with van der Waals surface area (Å²) in [7, 11) is 0. The summed E-state index contributed by atoms with van der Waals surface area (Å²) >= 11 is 2.68. The van der Waals surface area contributed by atoms with Gasteiger partial charge in [0.1, 0.15) is 0 Å². The Hall–Kier alpha value is -5.37. The van der Waals surface area contributed by atoms with Gasteiger partial charge in [-0.15, -0.1) is 11.8 Å². The number of benzene rings is 10. The smallest absolute Gasteiger partial charge is 0.0645 e. The lowest BCUT2D eigenvalue weighted by Crippen LogP contribution is -2.62. The van der Waals surface area contributed by atoms with Crippen LogP contribution in [0.25, 0.3) is 97.3 Å². The summed E-state index contributed by atoms with van der Waals surface area (Å²) in [6, 6.07) is 5.66. The second-order valence-corrected chi connectivity index (χ2v) is 35.2. The van der Waals surface area contributed by atoms with E-state index in [1.165, 1.54) is 32.1 Å². The fraction of sp³-hybridized carbons (Fsp3) is 0.436. The standard InChI is InChI=1S/C78H48S/c1-6-8-9-13(7-2)12-14-10-11-15(76(3,4)5)75-70(14)77-71-62-54-44-34-26-18-16-17-20-24-22(18)30-38-32(24)42-36-28(20)29-21(17)25-23-19(16)27(26)35-41-31(23)39-33(25)43-37(29)47-46(36)58-52(42)60-50(38)56(48(54)40(30)34)64(71)66(60)73-68(58)69-59(47)53(43)61-51(39)57-49(41)55(45(35)44)63(62)72(77)65(57)67(61)74(69)78(73,77)79-75/h10-11,13,18,20,22,24,26,28,34,36,44-47,55,59,63,65,67,69,72,74H,6-9,12H2,1-5H3. The lowest BCUT2D eigenvalue weighted by molar-refractivity contribution is 0.0336. The molecule has 79 heavy (non-hydrogen) atoms. The van der Waals surface area contributed by atoms with Gasteiger partial charge >= 0.3 is 0 Å². The van der Waals surface area contributed by atoms with Crippen LogP contribution in [0.1, 0.15) is 295 Å². The van der Waals surface area contributed by atoms with Crippen molar-refractivity contribution in [2.24, 2.45) is 17.8 Å². The monoisotopic (exact) mass is 1020 g/mol. The predicted octanol–water partition coefficient (Wildman–Crippen LogP) is 18.6. The normalized spacial score (nSPS) is 44.5. The maximum absolute atomic E-state index is 2.87. The average Bonchev–Trinajstić information content (AvgIpc) is 2.09. The molecule has 11 aromatic rings. The first kappa shape index (κ1) is 34.8. The zero-order valence-corrected chi connectivity index (χ0v) is 45.5. The van der Waals surface area contributed by atoms with Crippen LogP contribution in [-0.2, 0) is 22.0 Å². The van der Waals surface area contributed by atoms with E-state index in [2.05, 4.69) is 103 Å². The first-order valence-electron chi connectivity index (χ1n) is 33.0. The van der Waals surface area contributed by atoms with Crippen molar-refractivity contribution >= 4 is 97.9 Å². The van der Waals surface area contributed by atoms with Crippen LogP contribution < -0.4 is 0 Å². The molecule has 1 aliphatic heterocycles. The van der Waals surface area contributed by atoms with Gasteiger partial charge in [-0.1, -0.05) is 72.4 Å². The summed E-state index contributed by atoms with van der Waals surface area (Å²) in [6.45, 7) is 12.9. The SMILES string of the molecule is CCCCC(CC)Cc1ccc(C(C)(C)C)c2c1C13c4c5c6c7c8c9c%10c%11c%12c%13c%14c%15c(c%16c%13c%10c7c4-%16)C1(S2)C1C%15C2c4c7c%10c%13c%15c%16c%17c%18c%19c%20c%21c%22c%23c(c4c4c%22c%19c%16c%104)C2C%14C%12C%23C%21C%11C9C%20C%18C8C6C%17C%15C5C3C%13C71. The molecule has 0 bridgehead atoms. The second kappa shape index (κ2) is 8.48. The molecule has 0 radical (unpaired) electrons. The maximum atomic E-state index is 2.87. The highest BCUT2D eigenvalue weighted by atomic mass is 32.2. The van der Waals surface area contributed by atoms with Crippen LogP contribution in [0, 0.1) is 17.8 Å². The van der Waals surface area contributed by atoms with E-state index in [4.69, 9.17) is 0 Å². The molecule has 34 rings (SSSR count). The van der Waals surface area contributed by atoms with Crippen molar-refractivity contribution in [2.45, 2.75) is 194 Å². The van der Waals surface area contributed by atoms with Crippen molar-refractivity contribution in [3.8, 4) is 11.1 Å². The zero-order chi connectivity index (χ0) is 48.5. The molecule has 0 aromatic heterocycles. The van der Waals surface area contributed by atoms with E-state index in [0.29, 0.717) is 118 Å². The van der Waals surface area contributed by atoms with Crippen molar-refractivity contribution in [3.63, 3.8) is 0 Å². The van der Waals surface area contributed by atoms with Crippen molar-refractivity contribution in [1.82, 2.24) is 0 Å². The summed E-state index contributed by atoms with van der Waals surface area (Å²) in [5, 5.41) is 30.9. The lowest BCUT2D eigenvalue weighted by Gasteiger charge is -2.65. The Morgan fingerprint density at radius 2 is 0.747 bits per heavy atom. The highest BCUT2D eigenvalue weighted by molar-refractivity contribution is 8.00. The fourth-order valence-corrected chi connectivity index (χ4v) is 36.4. The van der Waals surface area contributed by atoms with Crippen LogP contribution in [0.15, 0.2) is 17.0 Å². The van der Waals surface area contributed by atoms with Crippen LogP contribution in [0.3, 0.4) is 0 Å². The quantitative estimate of drug-likeness (QED) is 0.150. The highest BCUT2D eigenvalue weighted by Gasteiger charge is 2.90. The summed E-state index contributed by atoms with van der Waals surface area (Å²) in [5.41, 5.74) is 50.5. The van der Waals surface area contributed by atoms with Crippen LogP contribution in [0.2, 0.25) is 0 Å². The molecule has 1 saturated carbocycles. The number of unbranched alkanes of at least 4 members (excludes halogenated alkanes) is 1. The zero-order valence-electron chi connectivity index (χ0n) is 44.7. The van der Waals surface area contributed by atoms with E-state index in [1.54, 1.807) is 5.56 Å². The summed E-state index contributed by atoms with van der Waals surface area (Å²) in [6.07, 6.45) is 6.67. The molecule has 0 N–H and O–H groups in total. The third-order valence-corrected chi connectivity index (χ3v) is 35.0. The first-order valence-corrected chi connectivity index (χ1v) is 33.8. The molecular weight excluding hydrogens is 969 g/mol. The molecule has 22 aliphatic carbocycles. The van der Waals surface area contributed by atoms with Crippen LogP contribution in [0.5, 0.6) is 0 Å². The molecule has 0 amide bonds. The summed E-state index contributed by atoms with van der Waals surface area (Å²) in [4.78, 5) is 1.84. The van der Waals surface area contributed by atoms with Crippen molar-refractivity contribution in [2.75, 3.05) is 0 Å². The third kappa shape index (κ3) is 2.14. The Balaban J connectivity index is 0.940. The minimum absolute atomic E-state index is 0.0137. The largest absolute Gasteiger partial charge is 0.112 e. The Labute approximate surface area is 457 Å². The molecule has 1 heteroatoms. The molecule has 2 spiro atoms. The molecule has 11 aromatic carbocycles. The molecule has 1 heterocycles. The highest BCUT2D eigenvalue weighted by Crippen LogP contribution is 3.01. The first-order chi connectivity index (χ1) is 38.9. The number of fused-ring (bicyclic) bond motifs is 1. The molecule has 0 saturated heterocycles. The van der Waals surface area contributed by atoms with Gasteiger partial charge in [-0.05, 0) is 361 Å². The molecule has 23 aliphatic rings. The van der Waals surface area contributed by atoms with Gasteiger partial charge in [0.2, 0.25) is 0 Å². The van der Waals surface area contributed by atoms with E-state index in [9.17, 15) is 0 Å². The van der Waals surface area contributed by atoms with Gasteiger partial charge in [0.25, 0.3) is 0 Å². The van der Waals surface area contributed by atoms with E-state index < -0.39 is 0 Å². The van der Waals surface area contributed by atoms with Gasteiger partial charge in [-0.2, -0.15) is 0 Å². The van der Waals surface area contributed by atoms with Crippen LogP contribution in [-0.4, -0.2) is 0 Å². The van der Waals surface area contributed by atoms with Gasteiger partial charge in [0.05, 0.1) is 4.75 Å². The summed E-state index contributed by atoms with van der Waals surface area (Å²) in [5.74, 6) is 13.8. The molecule has 366 valence electrons. The number of hydrogen-bond donors (Lipinski definition) is 0. The molecule has 1 fully saturated rings. The van der Waals surface area contributed by atoms with Gasteiger partial charge in [0.15, 0.2) is 0 Å². The Morgan fingerprint density at radius 3 is 1.19 bits per heavy atom. The number of rotatable bonds is 6. The molecule has 23 atom stereocenters. The van der Waals surface area contributed by atoms with Gasteiger partial charge in [-0.3, -0.25) is 0 Å². The predicted molar refractivity (Wildman–Crippen MR) is 312 cm³/mol. The lowest BCUT2D eigenvalue weighted by atomic mass is 9.39. The maximum Gasteiger partial charge on any atom is 0.0645 e. The van der Waals surface area contributed by atoms with Crippen molar-refractivity contribution in [3.05, 3.63) is 140 Å². The molecule has 23 unspecified atom stereocenters. The van der Waals surface area contributed by atoms with Gasteiger partial charge in [0, 0.05) is 10.3 Å². The van der Waals surface area contributed by atoms with E-state index in [0.717, 1.165) is 5.92 Å². The van der Waals surface area contributed by atoms with Crippen LogP contribution in [0.4, 0.5) is 0 Å². The minimum Gasteiger partial charge on any atom is -0.112 e. The van der Waals surface area contributed by atoms with Crippen molar-refractivity contribution in [1.29, 1.82) is 0 Å². The van der Waals surface area contributed by atoms with E-state index >= 15 is 0 Å². The Morgan fingerprint density at radius 1 is 0.392 bits per heavy atom. The van der Waals surface area contributed by atoms with Crippen LogP contribution >= 0.6 is 11.8 Å². The molecular formula is C78H48S. The molecule has 0 nitrogen and oxygen atoms in total. The van der Waals surface area contributed by atoms with Crippen molar-refractivity contribution < 1.29 is 0 Å². The van der Waals surface area contributed by atoms with Gasteiger partial charge in [-0.25, -0.2) is 0 Å². The third-order valence-electron chi connectivity index (χ3n) is 33.3. The fourth-order valence-electron chi connectivity index (χ4n) is 34.0. The topological polar surface area (TPSA) is 0 Å². The minimum atomic E-state index is -0.0137. The van der Waals surface area contributed by atoms with Gasteiger partial charge < -0.3 is 0 Å². The Bertz CT molecular complexity index is 5750. The number of thioether (sulfide) groups is 1. The second-order valence-electron chi connectivity index (χ2n) is 34.0. The van der Waals surface area contributed by atoms with E-state index in [1.807, 2.05) is 180 Å². The average molecular weight is 1020 g/mol. The van der Waals surface area contributed by atoms with E-state index in [-0.39, 0.29) is 15.6 Å². The number of hydrogen-bond acceptors (Lipinski definition) is 1. The Kier molecular flexibility index (Phi) is 3.74.